The number of ether oxygens (including phenoxy) is 3. The third kappa shape index (κ3) is 16.2. The number of likely N-dealkylation sites (N-methyl/N-ethyl adjacent to an activating group) is 1. The molecular formula is C33H49ClN2O7Si. The van der Waals surface area contributed by atoms with E-state index in [9.17, 15) is 9.59 Å². The van der Waals surface area contributed by atoms with Crippen LogP contribution in [0.2, 0.25) is 30.7 Å². The molecule has 2 aromatic rings. The minimum absolute atomic E-state index is 0.0462. The lowest BCUT2D eigenvalue weighted by molar-refractivity contribution is -0.191. The van der Waals surface area contributed by atoms with Crippen LogP contribution in [0, 0.1) is 5.41 Å². The Kier molecular flexibility index (Phi) is 15.5. The van der Waals surface area contributed by atoms with Crippen LogP contribution in [-0.4, -0.2) is 70.1 Å². The van der Waals surface area contributed by atoms with E-state index in [4.69, 9.17) is 35.4 Å². The van der Waals surface area contributed by atoms with Gasteiger partial charge in [-0.2, -0.15) is 9.59 Å². The highest BCUT2D eigenvalue weighted by Crippen LogP contribution is 2.30. The van der Waals surface area contributed by atoms with Crippen LogP contribution in [0.25, 0.3) is 0 Å². The zero-order valence-corrected chi connectivity index (χ0v) is 29.7. The summed E-state index contributed by atoms with van der Waals surface area (Å²) in [6.45, 7) is 21.1. The second-order valence-corrected chi connectivity index (χ2v) is 20.1. The van der Waals surface area contributed by atoms with Crippen LogP contribution in [0.15, 0.2) is 42.5 Å². The fourth-order valence-electron chi connectivity index (χ4n) is 4.06. The maximum atomic E-state index is 13.4. The van der Waals surface area contributed by atoms with Gasteiger partial charge in [0.1, 0.15) is 11.4 Å². The van der Waals surface area contributed by atoms with E-state index in [2.05, 4.69) is 45.3 Å². The predicted molar refractivity (Wildman–Crippen MR) is 176 cm³/mol. The molecule has 0 spiro atoms. The largest absolute Gasteiger partial charge is 0.468 e. The highest BCUT2D eigenvalue weighted by molar-refractivity contribution is 6.76. The molecule has 2 aromatic carbocycles. The first-order chi connectivity index (χ1) is 20.2. The van der Waals surface area contributed by atoms with Gasteiger partial charge in [-0.15, -0.1) is 0 Å². The molecule has 0 heterocycles. The molecule has 0 saturated heterocycles. The Bertz CT molecular complexity index is 1260. The van der Waals surface area contributed by atoms with Gasteiger partial charge >= 0.3 is 12.1 Å². The summed E-state index contributed by atoms with van der Waals surface area (Å²) in [6.07, 6.45) is 0.250. The SMILES string of the molecule is CN(C(=O)CN(Cc1cccc(C(=O)OC(C)(C)C)c1)CC(C)(C)C)c1ccc(OCOCC[Si](C)(C)C)cc1Cl.O=C=O. The monoisotopic (exact) mass is 648 g/mol. The maximum absolute atomic E-state index is 13.4. The van der Waals surface area contributed by atoms with E-state index in [-0.39, 0.29) is 36.8 Å². The normalized spacial score (nSPS) is 11.7. The van der Waals surface area contributed by atoms with Crippen LogP contribution < -0.4 is 9.64 Å². The standard InChI is InChI=1S/C32H49ClN2O5Si.CO2/c1-31(2,3)22-35(20-24-12-11-13-25(18-24)30(37)40-32(4,5)6)21-29(36)34(7)28-15-14-26(19-27(28)33)39-23-38-16-17-41(8,9)10;2-1-3/h11-15,18-19H,16-17,20-23H2,1-10H3;. The Hall–Kier alpha value is -3.01. The van der Waals surface area contributed by atoms with E-state index in [1.54, 1.807) is 36.2 Å². The van der Waals surface area contributed by atoms with Gasteiger partial charge in [0.2, 0.25) is 5.91 Å². The summed E-state index contributed by atoms with van der Waals surface area (Å²) in [5.74, 6) is 0.132. The van der Waals surface area contributed by atoms with Crippen LogP contribution in [0.1, 0.15) is 57.5 Å². The van der Waals surface area contributed by atoms with Crippen molar-refractivity contribution in [1.82, 2.24) is 4.90 Å². The smallest absolute Gasteiger partial charge is 0.373 e. The van der Waals surface area contributed by atoms with Crippen molar-refractivity contribution in [3.63, 3.8) is 0 Å². The van der Waals surface area contributed by atoms with Gasteiger partial charge < -0.3 is 19.1 Å². The molecule has 2 rings (SSSR count). The number of amides is 1. The van der Waals surface area contributed by atoms with Crippen LogP contribution in [-0.2, 0) is 30.4 Å². The summed E-state index contributed by atoms with van der Waals surface area (Å²) in [4.78, 5) is 46.0. The summed E-state index contributed by atoms with van der Waals surface area (Å²) in [5.41, 5.74) is 1.41. The van der Waals surface area contributed by atoms with E-state index in [0.29, 0.717) is 41.7 Å². The molecule has 44 heavy (non-hydrogen) atoms. The van der Waals surface area contributed by atoms with Crippen molar-refractivity contribution < 1.29 is 33.4 Å². The highest BCUT2D eigenvalue weighted by atomic mass is 35.5. The second-order valence-electron chi connectivity index (χ2n) is 14.0. The molecule has 9 nitrogen and oxygen atoms in total. The lowest BCUT2D eigenvalue weighted by Crippen LogP contribution is -2.41. The zero-order chi connectivity index (χ0) is 33.7. The Morgan fingerprint density at radius 1 is 0.977 bits per heavy atom. The highest BCUT2D eigenvalue weighted by Gasteiger charge is 2.23. The number of hydrogen-bond donors (Lipinski definition) is 0. The van der Waals surface area contributed by atoms with Crippen LogP contribution in [0.5, 0.6) is 5.75 Å². The van der Waals surface area contributed by atoms with Crippen molar-refractivity contribution in [2.75, 3.05) is 38.4 Å². The quantitative estimate of drug-likeness (QED) is 0.0999. The van der Waals surface area contributed by atoms with Crippen molar-refractivity contribution in [3.8, 4) is 5.75 Å². The molecule has 0 unspecified atom stereocenters. The Labute approximate surface area is 268 Å². The van der Waals surface area contributed by atoms with E-state index in [1.165, 1.54) is 0 Å². The third-order valence-corrected chi connectivity index (χ3v) is 7.99. The van der Waals surface area contributed by atoms with Crippen LogP contribution in [0.4, 0.5) is 5.69 Å². The Morgan fingerprint density at radius 2 is 1.61 bits per heavy atom. The number of nitrogens with zero attached hydrogens (tertiary/aromatic N) is 2. The van der Waals surface area contributed by atoms with Gasteiger partial charge in [-0.25, -0.2) is 4.79 Å². The third-order valence-electron chi connectivity index (χ3n) is 5.98. The molecule has 0 fully saturated rings. The van der Waals surface area contributed by atoms with Crippen LogP contribution >= 0.6 is 11.6 Å². The Morgan fingerprint density at radius 3 is 2.16 bits per heavy atom. The lowest BCUT2D eigenvalue weighted by Gasteiger charge is -2.31. The molecule has 1 amide bonds. The second kappa shape index (κ2) is 17.5. The van der Waals surface area contributed by atoms with Crippen molar-refractivity contribution in [2.45, 2.75) is 79.4 Å². The number of halogens is 1. The van der Waals surface area contributed by atoms with E-state index >= 15 is 0 Å². The molecule has 0 bridgehead atoms. The van der Waals surface area contributed by atoms with Gasteiger partial charge in [0.15, 0.2) is 6.79 Å². The molecule has 0 atom stereocenters. The Balaban J connectivity index is 0.00000309. The molecule has 0 saturated carbocycles. The fraction of sp³-hybridized carbons (Fsp3) is 0.545. The number of carbonyl (C=O) groups is 2. The molecule has 244 valence electrons. The summed E-state index contributed by atoms with van der Waals surface area (Å²) in [5, 5.41) is 0.424. The average Bonchev–Trinajstić information content (AvgIpc) is 2.86. The predicted octanol–water partition coefficient (Wildman–Crippen LogP) is 6.91. The molecular weight excluding hydrogens is 600 g/mol. The number of hydrogen-bond acceptors (Lipinski definition) is 8. The van der Waals surface area contributed by atoms with Crippen molar-refractivity contribution >= 4 is 43.4 Å². The number of carbonyl (C=O) groups excluding carboxylic acids is 4. The van der Waals surface area contributed by atoms with E-state index in [0.717, 1.165) is 11.6 Å². The van der Waals surface area contributed by atoms with E-state index in [1.807, 2.05) is 39.0 Å². The molecule has 0 aliphatic carbocycles. The number of esters is 1. The molecule has 0 radical (unpaired) electrons. The van der Waals surface area contributed by atoms with Gasteiger partial charge in [-0.1, -0.05) is 64.1 Å². The minimum atomic E-state index is -1.15. The van der Waals surface area contributed by atoms with Gasteiger partial charge in [0.25, 0.3) is 0 Å². The minimum Gasteiger partial charge on any atom is -0.468 e. The molecule has 0 aromatic heterocycles. The maximum Gasteiger partial charge on any atom is 0.373 e. The summed E-state index contributed by atoms with van der Waals surface area (Å²) in [7, 11) is 0.574. The van der Waals surface area contributed by atoms with Crippen molar-refractivity contribution in [3.05, 3.63) is 58.6 Å². The molecule has 11 heteroatoms. The summed E-state index contributed by atoms with van der Waals surface area (Å²) >= 11 is 6.57. The molecule has 0 aliphatic rings. The first-order valence-electron chi connectivity index (χ1n) is 14.6. The molecule has 0 N–H and O–H groups in total. The van der Waals surface area contributed by atoms with Crippen molar-refractivity contribution in [1.29, 1.82) is 0 Å². The summed E-state index contributed by atoms with van der Waals surface area (Å²) in [6, 6.07) is 13.8. The van der Waals surface area contributed by atoms with E-state index < -0.39 is 13.7 Å². The lowest BCUT2D eigenvalue weighted by atomic mass is 9.95. The van der Waals surface area contributed by atoms with Gasteiger partial charge in [-0.3, -0.25) is 9.69 Å². The topological polar surface area (TPSA) is 102 Å². The first kappa shape index (κ1) is 39.0. The number of anilines is 1. The summed E-state index contributed by atoms with van der Waals surface area (Å²) < 4.78 is 16.8. The zero-order valence-electron chi connectivity index (χ0n) is 27.9. The van der Waals surface area contributed by atoms with Gasteiger partial charge in [0, 0.05) is 40.9 Å². The average molecular weight is 649 g/mol. The fourth-order valence-corrected chi connectivity index (χ4v) is 5.11. The molecule has 0 aliphatic heterocycles. The van der Waals surface area contributed by atoms with Gasteiger partial charge in [0.05, 0.1) is 22.8 Å². The van der Waals surface area contributed by atoms with Crippen LogP contribution in [0.3, 0.4) is 0 Å². The van der Waals surface area contributed by atoms with Gasteiger partial charge in [-0.05, 0) is 62.1 Å². The number of rotatable bonds is 13. The number of benzene rings is 2. The van der Waals surface area contributed by atoms with Crippen molar-refractivity contribution in [2.24, 2.45) is 5.41 Å². The first-order valence-corrected chi connectivity index (χ1v) is 18.6.